The molecule has 1 aliphatic carbocycles. The maximum atomic E-state index is 13.9. The first-order valence-electron chi connectivity index (χ1n) is 8.57. The van der Waals surface area contributed by atoms with Crippen LogP contribution in [0, 0.1) is 5.82 Å². The van der Waals surface area contributed by atoms with E-state index in [1.54, 1.807) is 25.1 Å². The molecule has 0 heterocycles. The summed E-state index contributed by atoms with van der Waals surface area (Å²) in [6, 6.07) is 9.69. The molecular weight excluding hydrogens is 371 g/mol. The molecule has 2 aromatic rings. The van der Waals surface area contributed by atoms with Crippen LogP contribution in [0.5, 0.6) is 5.75 Å². The number of hydrogen-bond donors (Lipinski definition) is 2. The minimum Gasteiger partial charge on any atom is -0.495 e. The van der Waals surface area contributed by atoms with Gasteiger partial charge < -0.3 is 10.1 Å². The van der Waals surface area contributed by atoms with Gasteiger partial charge in [-0.05, 0) is 44.0 Å². The molecule has 0 spiro atoms. The molecule has 144 valence electrons. The van der Waals surface area contributed by atoms with Crippen LogP contribution in [0.2, 0.25) is 0 Å². The Hall–Kier alpha value is -2.45. The quantitative estimate of drug-likeness (QED) is 0.759. The molecule has 3 rings (SSSR count). The average molecular weight is 392 g/mol. The Morgan fingerprint density at radius 3 is 2.56 bits per heavy atom. The normalized spacial score (nSPS) is 15.2. The van der Waals surface area contributed by atoms with Gasteiger partial charge in [0.1, 0.15) is 16.5 Å². The molecule has 1 unspecified atom stereocenters. The number of carbonyl (C=O) groups is 1. The Labute approximate surface area is 157 Å². The van der Waals surface area contributed by atoms with Gasteiger partial charge >= 0.3 is 0 Å². The van der Waals surface area contributed by atoms with E-state index in [2.05, 4.69) is 10.0 Å². The molecular formula is C19H21FN2O4S. The molecule has 0 aliphatic heterocycles. The Kier molecular flexibility index (Phi) is 5.48. The summed E-state index contributed by atoms with van der Waals surface area (Å²) in [7, 11) is -2.43. The van der Waals surface area contributed by atoms with E-state index in [1.807, 2.05) is 0 Å². The molecule has 2 aromatic carbocycles. The molecule has 2 N–H and O–H groups in total. The van der Waals surface area contributed by atoms with Crippen molar-refractivity contribution >= 4 is 15.9 Å². The van der Waals surface area contributed by atoms with E-state index in [1.165, 1.54) is 31.4 Å². The Morgan fingerprint density at radius 1 is 1.22 bits per heavy atom. The van der Waals surface area contributed by atoms with E-state index in [-0.39, 0.29) is 22.3 Å². The number of hydrogen-bond acceptors (Lipinski definition) is 4. The Morgan fingerprint density at radius 2 is 1.93 bits per heavy atom. The van der Waals surface area contributed by atoms with E-state index in [0.29, 0.717) is 5.56 Å². The van der Waals surface area contributed by atoms with Gasteiger partial charge in [-0.15, -0.1) is 0 Å². The molecule has 0 bridgehead atoms. The van der Waals surface area contributed by atoms with Crippen molar-refractivity contribution in [2.24, 2.45) is 0 Å². The van der Waals surface area contributed by atoms with E-state index >= 15 is 0 Å². The molecule has 1 fully saturated rings. The lowest BCUT2D eigenvalue weighted by Gasteiger charge is -2.16. The SMILES string of the molecule is COc1ccc(C(=O)NC(C)c2ccccc2F)cc1S(=O)(=O)NC1CC1. The lowest BCUT2D eigenvalue weighted by molar-refractivity contribution is 0.0939. The Balaban J connectivity index is 1.85. The standard InChI is InChI=1S/C19H21FN2O4S/c1-12(15-5-3-4-6-16(15)20)21-19(23)13-7-10-17(26-2)18(11-13)27(24,25)22-14-8-9-14/h3-7,10-12,14,22H,8-9H2,1-2H3,(H,21,23). The van der Waals surface area contributed by atoms with Gasteiger partial charge in [0.2, 0.25) is 10.0 Å². The van der Waals surface area contributed by atoms with E-state index in [9.17, 15) is 17.6 Å². The van der Waals surface area contributed by atoms with Crippen molar-refractivity contribution < 1.29 is 22.3 Å². The predicted octanol–water partition coefficient (Wildman–Crippen LogP) is 2.77. The van der Waals surface area contributed by atoms with Gasteiger partial charge in [-0.25, -0.2) is 17.5 Å². The minimum absolute atomic E-state index is 0.0710. The second-order valence-electron chi connectivity index (χ2n) is 6.48. The third-order valence-electron chi connectivity index (χ3n) is 4.33. The van der Waals surface area contributed by atoms with Crippen molar-refractivity contribution in [3.05, 3.63) is 59.4 Å². The average Bonchev–Trinajstić information content (AvgIpc) is 3.44. The lowest BCUT2D eigenvalue weighted by Crippen LogP contribution is -2.29. The number of sulfonamides is 1. The van der Waals surface area contributed by atoms with E-state index in [4.69, 9.17) is 4.74 Å². The molecule has 6 nitrogen and oxygen atoms in total. The molecule has 8 heteroatoms. The summed E-state index contributed by atoms with van der Waals surface area (Å²) in [6.07, 6.45) is 1.59. The zero-order chi connectivity index (χ0) is 19.6. The predicted molar refractivity (Wildman–Crippen MR) is 98.6 cm³/mol. The van der Waals surface area contributed by atoms with Crippen LogP contribution >= 0.6 is 0 Å². The first-order chi connectivity index (χ1) is 12.8. The van der Waals surface area contributed by atoms with Gasteiger partial charge in [0.15, 0.2) is 0 Å². The number of benzene rings is 2. The van der Waals surface area contributed by atoms with Crippen LogP contribution < -0.4 is 14.8 Å². The monoisotopic (exact) mass is 392 g/mol. The number of ether oxygens (including phenoxy) is 1. The zero-order valence-electron chi connectivity index (χ0n) is 15.0. The van der Waals surface area contributed by atoms with Crippen LogP contribution in [0.1, 0.15) is 41.7 Å². The third kappa shape index (κ3) is 4.45. The van der Waals surface area contributed by atoms with Crippen LogP contribution in [0.3, 0.4) is 0 Å². The number of rotatable bonds is 7. The zero-order valence-corrected chi connectivity index (χ0v) is 15.8. The van der Waals surface area contributed by atoms with Gasteiger partial charge in [0.05, 0.1) is 13.2 Å². The molecule has 27 heavy (non-hydrogen) atoms. The largest absolute Gasteiger partial charge is 0.495 e. The van der Waals surface area contributed by atoms with Crippen molar-refractivity contribution in [3.8, 4) is 5.75 Å². The molecule has 0 radical (unpaired) electrons. The highest BCUT2D eigenvalue weighted by molar-refractivity contribution is 7.89. The summed E-state index contributed by atoms with van der Waals surface area (Å²) >= 11 is 0. The topological polar surface area (TPSA) is 84.5 Å². The van der Waals surface area contributed by atoms with Crippen molar-refractivity contribution in [1.82, 2.24) is 10.0 Å². The molecule has 1 aliphatic rings. The maximum absolute atomic E-state index is 13.9. The molecule has 1 saturated carbocycles. The van der Waals surface area contributed by atoms with Crippen LogP contribution in [0.15, 0.2) is 47.4 Å². The molecule has 0 aromatic heterocycles. The van der Waals surface area contributed by atoms with Gasteiger partial charge in [-0.3, -0.25) is 4.79 Å². The fraction of sp³-hybridized carbons (Fsp3) is 0.316. The number of carbonyl (C=O) groups excluding carboxylic acids is 1. The fourth-order valence-corrected chi connectivity index (χ4v) is 4.20. The summed E-state index contributed by atoms with van der Waals surface area (Å²) < 4.78 is 46.7. The third-order valence-corrected chi connectivity index (χ3v) is 5.88. The van der Waals surface area contributed by atoms with E-state index in [0.717, 1.165) is 12.8 Å². The molecule has 1 amide bonds. The number of amides is 1. The molecule has 0 saturated heterocycles. The van der Waals surface area contributed by atoms with Crippen molar-refractivity contribution in [3.63, 3.8) is 0 Å². The summed E-state index contributed by atoms with van der Waals surface area (Å²) in [6.45, 7) is 1.66. The fourth-order valence-electron chi connectivity index (χ4n) is 2.70. The summed E-state index contributed by atoms with van der Waals surface area (Å²) in [5, 5.41) is 2.69. The number of methoxy groups -OCH3 is 1. The van der Waals surface area contributed by atoms with Crippen LogP contribution in [-0.4, -0.2) is 27.5 Å². The van der Waals surface area contributed by atoms with Crippen LogP contribution in [0.4, 0.5) is 4.39 Å². The van der Waals surface area contributed by atoms with Crippen molar-refractivity contribution in [1.29, 1.82) is 0 Å². The van der Waals surface area contributed by atoms with Gasteiger partial charge in [0.25, 0.3) is 5.91 Å². The van der Waals surface area contributed by atoms with E-state index < -0.39 is 27.8 Å². The summed E-state index contributed by atoms with van der Waals surface area (Å²) in [5.41, 5.74) is 0.498. The number of halogens is 1. The van der Waals surface area contributed by atoms with Crippen molar-refractivity contribution in [2.45, 2.75) is 36.7 Å². The second-order valence-corrected chi connectivity index (χ2v) is 8.16. The smallest absolute Gasteiger partial charge is 0.251 e. The molecule has 1 atom stereocenters. The summed E-state index contributed by atoms with van der Waals surface area (Å²) in [4.78, 5) is 12.5. The first kappa shape index (κ1) is 19.3. The van der Waals surface area contributed by atoms with Crippen LogP contribution in [0.25, 0.3) is 0 Å². The minimum atomic E-state index is -3.80. The van der Waals surface area contributed by atoms with Gasteiger partial charge in [0, 0.05) is 17.2 Å². The lowest BCUT2D eigenvalue weighted by atomic mass is 10.1. The number of nitrogens with one attached hydrogen (secondary N) is 2. The van der Waals surface area contributed by atoms with Gasteiger partial charge in [-0.2, -0.15) is 0 Å². The highest BCUT2D eigenvalue weighted by Crippen LogP contribution is 2.28. The van der Waals surface area contributed by atoms with Gasteiger partial charge in [-0.1, -0.05) is 18.2 Å². The maximum Gasteiger partial charge on any atom is 0.251 e. The summed E-state index contributed by atoms with van der Waals surface area (Å²) in [5.74, 6) is -0.768. The highest BCUT2D eigenvalue weighted by Gasteiger charge is 2.30. The van der Waals surface area contributed by atoms with Crippen molar-refractivity contribution in [2.75, 3.05) is 7.11 Å². The highest BCUT2D eigenvalue weighted by atomic mass is 32.2. The Bertz CT molecular complexity index is 958. The second kappa shape index (κ2) is 7.66. The van der Waals surface area contributed by atoms with Crippen LogP contribution in [-0.2, 0) is 10.0 Å². The first-order valence-corrected chi connectivity index (χ1v) is 10.1.